The van der Waals surface area contributed by atoms with Crippen molar-refractivity contribution in [2.75, 3.05) is 20.1 Å². The topological polar surface area (TPSA) is 69.6 Å². The number of carbonyl (C=O) groups excluding carboxylic acids is 1. The third kappa shape index (κ3) is 5.72. The van der Waals surface area contributed by atoms with Crippen LogP contribution in [-0.2, 0) is 4.79 Å². The van der Waals surface area contributed by atoms with Crippen LogP contribution in [0.15, 0.2) is 12.2 Å². The van der Waals surface area contributed by atoms with Crippen LogP contribution in [-0.4, -0.2) is 42.1 Å². The first-order valence-electron chi connectivity index (χ1n) is 3.78. The number of hydrogen-bond donors (Lipinski definition) is 2. The highest BCUT2D eigenvalue weighted by atomic mass is 16.4. The van der Waals surface area contributed by atoms with Gasteiger partial charge in [-0.15, -0.1) is 0 Å². The lowest BCUT2D eigenvalue weighted by Gasteiger charge is -2.16. The van der Waals surface area contributed by atoms with Crippen molar-refractivity contribution in [2.45, 2.75) is 6.92 Å². The molecule has 2 amide bonds. The van der Waals surface area contributed by atoms with Crippen molar-refractivity contribution >= 4 is 12.0 Å². The van der Waals surface area contributed by atoms with Gasteiger partial charge in [-0.2, -0.15) is 0 Å². The second kappa shape index (κ2) is 5.18. The van der Waals surface area contributed by atoms with Gasteiger partial charge in [0.1, 0.15) is 6.54 Å². The summed E-state index contributed by atoms with van der Waals surface area (Å²) < 4.78 is 0. The number of rotatable bonds is 4. The van der Waals surface area contributed by atoms with Crippen LogP contribution in [0.4, 0.5) is 4.79 Å². The van der Waals surface area contributed by atoms with Gasteiger partial charge in [-0.25, -0.2) is 4.79 Å². The summed E-state index contributed by atoms with van der Waals surface area (Å²) in [6, 6.07) is -0.412. The van der Waals surface area contributed by atoms with E-state index in [0.717, 1.165) is 5.57 Å². The Kier molecular flexibility index (Phi) is 4.58. The van der Waals surface area contributed by atoms with Gasteiger partial charge in [-0.3, -0.25) is 4.79 Å². The highest BCUT2D eigenvalue weighted by Gasteiger charge is 2.08. The van der Waals surface area contributed by atoms with Crippen molar-refractivity contribution in [3.05, 3.63) is 12.2 Å². The van der Waals surface area contributed by atoms with Gasteiger partial charge >= 0.3 is 12.0 Å². The molecule has 2 N–H and O–H groups in total. The van der Waals surface area contributed by atoms with Crippen molar-refractivity contribution in [2.24, 2.45) is 0 Å². The minimum Gasteiger partial charge on any atom is -0.480 e. The van der Waals surface area contributed by atoms with Crippen molar-refractivity contribution in [1.29, 1.82) is 0 Å². The van der Waals surface area contributed by atoms with Gasteiger partial charge in [-0.1, -0.05) is 12.2 Å². The molecule has 0 heterocycles. The van der Waals surface area contributed by atoms with E-state index in [1.54, 1.807) is 14.0 Å². The van der Waals surface area contributed by atoms with E-state index >= 15 is 0 Å². The Hall–Kier alpha value is -1.52. The Balaban J connectivity index is 3.82. The summed E-state index contributed by atoms with van der Waals surface area (Å²) in [5.74, 6) is -1.06. The van der Waals surface area contributed by atoms with Crippen LogP contribution in [0.5, 0.6) is 0 Å². The zero-order valence-electron chi connectivity index (χ0n) is 7.83. The molecular weight excluding hydrogens is 172 g/mol. The van der Waals surface area contributed by atoms with Crippen molar-refractivity contribution in [1.82, 2.24) is 10.2 Å². The molecule has 0 unspecified atom stereocenters. The zero-order valence-corrected chi connectivity index (χ0v) is 7.83. The van der Waals surface area contributed by atoms with Crippen LogP contribution in [0.3, 0.4) is 0 Å². The monoisotopic (exact) mass is 186 g/mol. The molecule has 0 aliphatic heterocycles. The summed E-state index contributed by atoms with van der Waals surface area (Å²) in [5, 5.41) is 10.5. The smallest absolute Gasteiger partial charge is 0.323 e. The molecule has 5 nitrogen and oxygen atoms in total. The Bertz CT molecular complexity index is 225. The van der Waals surface area contributed by atoms with E-state index in [-0.39, 0.29) is 6.54 Å². The molecule has 0 radical (unpaired) electrons. The minimum absolute atomic E-state index is 0.362. The number of urea groups is 1. The SMILES string of the molecule is C=C(C)CN(C)C(=O)NCC(=O)O. The van der Waals surface area contributed by atoms with Crippen molar-refractivity contribution < 1.29 is 14.7 Å². The lowest BCUT2D eigenvalue weighted by atomic mass is 10.3. The fourth-order valence-electron chi connectivity index (χ4n) is 0.763. The standard InChI is InChI=1S/C8H14N2O3/c1-6(2)5-10(3)8(13)9-4-7(11)12/h1,4-5H2,2-3H3,(H,9,13)(H,11,12). The average molecular weight is 186 g/mol. The molecule has 0 aliphatic rings. The molecule has 0 aromatic carbocycles. The molecule has 5 heteroatoms. The van der Waals surface area contributed by atoms with E-state index in [1.807, 2.05) is 0 Å². The quantitative estimate of drug-likeness (QED) is 0.620. The number of likely N-dealkylation sites (N-methyl/N-ethyl adjacent to an activating group) is 1. The van der Waals surface area contributed by atoms with E-state index < -0.39 is 12.0 Å². The summed E-state index contributed by atoms with van der Waals surface area (Å²) in [7, 11) is 1.58. The third-order valence-corrected chi connectivity index (χ3v) is 1.24. The molecule has 0 aromatic rings. The van der Waals surface area contributed by atoms with Gasteiger partial charge < -0.3 is 15.3 Å². The zero-order chi connectivity index (χ0) is 10.4. The first kappa shape index (κ1) is 11.5. The fraction of sp³-hybridized carbons (Fsp3) is 0.500. The summed E-state index contributed by atoms with van der Waals surface area (Å²) in [5.41, 5.74) is 0.841. The first-order chi connectivity index (χ1) is 5.93. The molecule has 0 saturated heterocycles. The summed E-state index contributed by atoms with van der Waals surface area (Å²) in [6.07, 6.45) is 0. The second-order valence-corrected chi connectivity index (χ2v) is 2.87. The van der Waals surface area contributed by atoms with Gasteiger partial charge in [0.05, 0.1) is 0 Å². The Morgan fingerprint density at radius 1 is 1.54 bits per heavy atom. The Morgan fingerprint density at radius 3 is 2.46 bits per heavy atom. The molecule has 0 atom stereocenters. The minimum atomic E-state index is -1.06. The summed E-state index contributed by atoms with van der Waals surface area (Å²) in [4.78, 5) is 22.6. The van der Waals surface area contributed by atoms with Crippen LogP contribution in [0, 0.1) is 0 Å². The molecular formula is C8H14N2O3. The summed E-state index contributed by atoms with van der Waals surface area (Å²) >= 11 is 0. The highest BCUT2D eigenvalue weighted by Crippen LogP contribution is 1.92. The number of carboxylic acid groups (broad SMARTS) is 1. The van der Waals surface area contributed by atoms with E-state index in [0.29, 0.717) is 6.54 Å². The average Bonchev–Trinajstić information content (AvgIpc) is 1.98. The lowest BCUT2D eigenvalue weighted by Crippen LogP contribution is -2.40. The number of nitrogens with zero attached hydrogens (tertiary/aromatic N) is 1. The Morgan fingerprint density at radius 2 is 2.08 bits per heavy atom. The van der Waals surface area contributed by atoms with Crippen LogP contribution < -0.4 is 5.32 Å². The van der Waals surface area contributed by atoms with E-state index in [4.69, 9.17) is 5.11 Å². The molecule has 0 fully saturated rings. The van der Waals surface area contributed by atoms with E-state index in [2.05, 4.69) is 11.9 Å². The van der Waals surface area contributed by atoms with Crippen LogP contribution >= 0.6 is 0 Å². The number of carboxylic acids is 1. The number of aliphatic carboxylic acids is 1. The van der Waals surface area contributed by atoms with Crippen molar-refractivity contribution in [3.8, 4) is 0 Å². The fourth-order valence-corrected chi connectivity index (χ4v) is 0.763. The Labute approximate surface area is 77.0 Å². The maximum atomic E-state index is 11.1. The van der Waals surface area contributed by atoms with E-state index in [1.165, 1.54) is 4.90 Å². The highest BCUT2D eigenvalue weighted by molar-refractivity contribution is 5.79. The predicted molar refractivity (Wildman–Crippen MR) is 48.5 cm³/mol. The molecule has 74 valence electrons. The van der Waals surface area contributed by atoms with Crippen LogP contribution in [0.25, 0.3) is 0 Å². The number of hydrogen-bond acceptors (Lipinski definition) is 2. The molecule has 0 saturated carbocycles. The molecule has 0 aromatic heterocycles. The lowest BCUT2D eigenvalue weighted by molar-refractivity contribution is -0.135. The van der Waals surface area contributed by atoms with E-state index in [9.17, 15) is 9.59 Å². The molecule has 0 rings (SSSR count). The second-order valence-electron chi connectivity index (χ2n) is 2.87. The molecule has 13 heavy (non-hydrogen) atoms. The van der Waals surface area contributed by atoms with Gasteiger partial charge in [0.25, 0.3) is 0 Å². The van der Waals surface area contributed by atoms with Crippen molar-refractivity contribution in [3.63, 3.8) is 0 Å². The van der Waals surface area contributed by atoms with Crippen LogP contribution in [0.2, 0.25) is 0 Å². The predicted octanol–water partition coefficient (Wildman–Crippen LogP) is 0.288. The number of amides is 2. The molecule has 0 spiro atoms. The third-order valence-electron chi connectivity index (χ3n) is 1.24. The summed E-state index contributed by atoms with van der Waals surface area (Å²) in [6.45, 7) is 5.49. The number of carbonyl (C=O) groups is 2. The maximum Gasteiger partial charge on any atom is 0.323 e. The van der Waals surface area contributed by atoms with Gasteiger partial charge in [0.2, 0.25) is 0 Å². The maximum absolute atomic E-state index is 11.1. The van der Waals surface area contributed by atoms with Gasteiger partial charge in [-0.05, 0) is 6.92 Å². The largest absolute Gasteiger partial charge is 0.480 e. The first-order valence-corrected chi connectivity index (χ1v) is 3.78. The molecule has 0 aliphatic carbocycles. The molecule has 0 bridgehead atoms. The van der Waals surface area contributed by atoms with Gasteiger partial charge in [0, 0.05) is 13.6 Å². The van der Waals surface area contributed by atoms with Crippen LogP contribution in [0.1, 0.15) is 6.92 Å². The normalized spacial score (nSPS) is 9.08. The number of nitrogens with one attached hydrogen (secondary N) is 1. The van der Waals surface area contributed by atoms with Gasteiger partial charge in [0.15, 0.2) is 0 Å².